The summed E-state index contributed by atoms with van der Waals surface area (Å²) in [5.74, 6) is 1.10. The van der Waals surface area contributed by atoms with Gasteiger partial charge in [-0.3, -0.25) is 4.99 Å². The average molecular weight is 369 g/mol. The lowest BCUT2D eigenvalue weighted by atomic mass is 10.1. The number of aliphatic imine (C=N–C) groups is 1. The van der Waals surface area contributed by atoms with E-state index in [2.05, 4.69) is 26.8 Å². The number of nitrogen functional groups attached to an aromatic ring is 1. The second-order valence-electron chi connectivity index (χ2n) is 5.79. The predicted octanol–water partition coefficient (Wildman–Crippen LogP) is 1.46. The molecule has 4 N–H and O–H groups in total. The summed E-state index contributed by atoms with van der Waals surface area (Å²) >= 11 is 0. The second-order valence-corrected chi connectivity index (χ2v) is 5.79. The van der Waals surface area contributed by atoms with E-state index in [-0.39, 0.29) is 0 Å². The maximum Gasteiger partial charge on any atom is 0.191 e. The van der Waals surface area contributed by atoms with Gasteiger partial charge in [-0.05, 0) is 31.9 Å². The van der Waals surface area contributed by atoms with E-state index in [4.69, 9.17) is 10.5 Å². The molecule has 144 valence electrons. The van der Waals surface area contributed by atoms with Crippen LogP contribution in [0, 0.1) is 11.3 Å². The largest absolute Gasteiger partial charge is 0.382 e. The quantitative estimate of drug-likeness (QED) is 0.350. The number of anilines is 1. The van der Waals surface area contributed by atoms with E-state index in [1.165, 1.54) is 0 Å². The van der Waals surface area contributed by atoms with Crippen molar-refractivity contribution < 1.29 is 4.74 Å². The van der Waals surface area contributed by atoms with Gasteiger partial charge in [0, 0.05) is 26.7 Å². The number of nitriles is 1. The molecule has 8 nitrogen and oxygen atoms in total. The Hall–Kier alpha value is -3.05. The molecule has 0 amide bonds. The average Bonchev–Trinajstić information content (AvgIpc) is 3.02. The molecule has 1 heterocycles. The Bertz CT molecular complexity index is 777. The number of hydrogen-bond acceptors (Lipinski definition) is 5. The molecule has 0 aliphatic carbocycles. The highest BCUT2D eigenvalue weighted by Gasteiger charge is 2.16. The van der Waals surface area contributed by atoms with E-state index in [9.17, 15) is 5.26 Å². The van der Waals surface area contributed by atoms with Gasteiger partial charge in [0.15, 0.2) is 5.96 Å². The molecule has 2 aromatic rings. The maximum atomic E-state index is 9.44. The number of nitrogens with zero attached hydrogens (tertiary/aromatic N) is 4. The first-order valence-electron chi connectivity index (χ1n) is 9.06. The zero-order chi connectivity index (χ0) is 19.5. The lowest BCUT2D eigenvalue weighted by Gasteiger charge is -2.11. The summed E-state index contributed by atoms with van der Waals surface area (Å²) in [5.41, 5.74) is 8.11. The summed E-state index contributed by atoms with van der Waals surface area (Å²) in [6, 6.07) is 11.7. The normalized spacial score (nSPS) is 11.2. The number of aromatic nitrogens is 2. The molecule has 0 spiro atoms. The zero-order valence-corrected chi connectivity index (χ0v) is 15.9. The van der Waals surface area contributed by atoms with Gasteiger partial charge in [-0.15, -0.1) is 0 Å². The monoisotopic (exact) mass is 369 g/mol. The second kappa shape index (κ2) is 10.8. The number of para-hydroxylation sites is 1. The van der Waals surface area contributed by atoms with Crippen molar-refractivity contribution in [3.05, 3.63) is 41.6 Å². The van der Waals surface area contributed by atoms with Crippen LogP contribution in [0.1, 0.15) is 24.6 Å². The van der Waals surface area contributed by atoms with Crippen molar-refractivity contribution >= 4 is 11.8 Å². The molecule has 8 heteroatoms. The number of aryl methyl sites for hydroxylation is 1. The van der Waals surface area contributed by atoms with Crippen LogP contribution in [0.5, 0.6) is 0 Å². The minimum absolute atomic E-state index is 0.375. The Morgan fingerprint density at radius 1 is 1.30 bits per heavy atom. The molecular weight excluding hydrogens is 342 g/mol. The van der Waals surface area contributed by atoms with Gasteiger partial charge in [0.05, 0.1) is 18.0 Å². The van der Waals surface area contributed by atoms with Crippen molar-refractivity contribution in [2.45, 2.75) is 19.8 Å². The van der Waals surface area contributed by atoms with Gasteiger partial charge in [-0.2, -0.15) is 10.4 Å². The Morgan fingerprint density at radius 3 is 2.70 bits per heavy atom. The maximum absolute atomic E-state index is 9.44. The van der Waals surface area contributed by atoms with Crippen molar-refractivity contribution in [3.8, 4) is 11.8 Å². The molecular formula is C19H27N7O. The number of nitrogens with one attached hydrogen (secondary N) is 2. The Balaban J connectivity index is 1.90. The van der Waals surface area contributed by atoms with Gasteiger partial charge >= 0.3 is 0 Å². The van der Waals surface area contributed by atoms with E-state index >= 15 is 0 Å². The first kappa shape index (κ1) is 20.3. The van der Waals surface area contributed by atoms with Gasteiger partial charge in [0.2, 0.25) is 0 Å². The van der Waals surface area contributed by atoms with Crippen LogP contribution < -0.4 is 16.4 Å². The molecule has 2 rings (SSSR count). The zero-order valence-electron chi connectivity index (χ0n) is 15.9. The van der Waals surface area contributed by atoms with E-state index in [0.717, 1.165) is 18.1 Å². The van der Waals surface area contributed by atoms with Crippen LogP contribution in [0.25, 0.3) is 5.69 Å². The molecule has 0 radical (unpaired) electrons. The molecule has 0 saturated carbocycles. The third-order valence-electron chi connectivity index (χ3n) is 3.96. The molecule has 0 bridgehead atoms. The summed E-state index contributed by atoms with van der Waals surface area (Å²) in [4.78, 5) is 4.17. The molecule has 0 aliphatic heterocycles. The van der Waals surface area contributed by atoms with Gasteiger partial charge in [0.25, 0.3) is 0 Å². The van der Waals surface area contributed by atoms with Crippen molar-refractivity contribution in [1.29, 1.82) is 5.26 Å². The van der Waals surface area contributed by atoms with Crippen LogP contribution in [-0.2, 0) is 11.2 Å². The Morgan fingerprint density at radius 2 is 2.04 bits per heavy atom. The van der Waals surface area contributed by atoms with Crippen molar-refractivity contribution in [3.63, 3.8) is 0 Å². The fraction of sp³-hybridized carbons (Fsp3) is 0.421. The lowest BCUT2D eigenvalue weighted by Crippen LogP contribution is -2.39. The topological polar surface area (TPSA) is 113 Å². The highest BCUT2D eigenvalue weighted by atomic mass is 16.5. The fourth-order valence-electron chi connectivity index (χ4n) is 2.61. The highest BCUT2D eigenvalue weighted by molar-refractivity contribution is 5.79. The Kier molecular flexibility index (Phi) is 8.13. The SMILES string of the molecule is CCOCCNC(=NC)NCCCc1nn(-c2ccccc2)c(N)c1C#N. The summed E-state index contributed by atoms with van der Waals surface area (Å²) in [6.45, 7) is 4.71. The fourth-order valence-corrected chi connectivity index (χ4v) is 2.61. The number of rotatable bonds is 9. The summed E-state index contributed by atoms with van der Waals surface area (Å²) in [5, 5.41) is 20.4. The van der Waals surface area contributed by atoms with Gasteiger partial charge in [-0.1, -0.05) is 18.2 Å². The molecule has 1 aromatic heterocycles. The van der Waals surface area contributed by atoms with Crippen LogP contribution in [0.2, 0.25) is 0 Å². The third kappa shape index (κ3) is 5.72. The van der Waals surface area contributed by atoms with Crippen LogP contribution in [0.3, 0.4) is 0 Å². The number of hydrogen-bond donors (Lipinski definition) is 3. The number of guanidine groups is 1. The summed E-state index contributed by atoms with van der Waals surface area (Å²) in [7, 11) is 1.73. The van der Waals surface area contributed by atoms with E-state index in [1.807, 2.05) is 37.3 Å². The van der Waals surface area contributed by atoms with Crippen LogP contribution in [0.15, 0.2) is 35.3 Å². The molecule has 0 saturated heterocycles. The molecule has 0 atom stereocenters. The van der Waals surface area contributed by atoms with E-state index in [1.54, 1.807) is 11.7 Å². The molecule has 0 unspecified atom stereocenters. The van der Waals surface area contributed by atoms with Crippen LogP contribution in [-0.4, -0.2) is 49.1 Å². The highest BCUT2D eigenvalue weighted by Crippen LogP contribution is 2.21. The molecule has 27 heavy (non-hydrogen) atoms. The molecule has 0 fully saturated rings. The lowest BCUT2D eigenvalue weighted by molar-refractivity contribution is 0.152. The number of nitrogens with two attached hydrogens (primary N) is 1. The van der Waals surface area contributed by atoms with Gasteiger partial charge < -0.3 is 21.1 Å². The summed E-state index contributed by atoms with van der Waals surface area (Å²) in [6.07, 6.45) is 1.45. The molecule has 0 aliphatic rings. The van der Waals surface area contributed by atoms with Crippen LogP contribution >= 0.6 is 0 Å². The first-order valence-corrected chi connectivity index (χ1v) is 9.06. The number of benzene rings is 1. The smallest absolute Gasteiger partial charge is 0.191 e. The van der Waals surface area contributed by atoms with E-state index in [0.29, 0.717) is 49.8 Å². The standard InChI is InChI=1S/C19H27N7O/c1-3-27-13-12-24-19(22-2)23-11-7-10-17-16(14-20)18(21)26(25-17)15-8-5-4-6-9-15/h4-6,8-9H,3,7,10-13,21H2,1-2H3,(H2,22,23,24). The predicted molar refractivity (Wildman–Crippen MR) is 107 cm³/mol. The van der Waals surface area contributed by atoms with Crippen molar-refractivity contribution in [1.82, 2.24) is 20.4 Å². The minimum Gasteiger partial charge on any atom is -0.382 e. The Labute approximate surface area is 160 Å². The van der Waals surface area contributed by atoms with Crippen molar-refractivity contribution in [2.24, 2.45) is 4.99 Å². The van der Waals surface area contributed by atoms with E-state index < -0.39 is 0 Å². The third-order valence-corrected chi connectivity index (χ3v) is 3.96. The van der Waals surface area contributed by atoms with Gasteiger partial charge in [0.1, 0.15) is 17.5 Å². The minimum atomic E-state index is 0.375. The van der Waals surface area contributed by atoms with Crippen molar-refractivity contribution in [2.75, 3.05) is 39.1 Å². The van der Waals surface area contributed by atoms with Crippen LogP contribution in [0.4, 0.5) is 5.82 Å². The van der Waals surface area contributed by atoms with Gasteiger partial charge in [-0.25, -0.2) is 4.68 Å². The first-order chi connectivity index (χ1) is 13.2. The summed E-state index contributed by atoms with van der Waals surface area (Å²) < 4.78 is 6.91. The number of ether oxygens (including phenoxy) is 1. The molecule has 1 aromatic carbocycles.